The molecule has 25 heavy (non-hydrogen) atoms. The number of likely N-dealkylation sites (N-methyl/N-ethyl adjacent to an activating group) is 1. The Morgan fingerprint density at radius 3 is 2.48 bits per heavy atom. The van der Waals surface area contributed by atoms with E-state index >= 15 is 0 Å². The zero-order valence-corrected chi connectivity index (χ0v) is 15.6. The van der Waals surface area contributed by atoms with Crippen LogP contribution in [-0.2, 0) is 6.42 Å². The lowest BCUT2D eigenvalue weighted by Gasteiger charge is -2.17. The maximum absolute atomic E-state index is 11.7. The Balaban J connectivity index is 1.78. The number of hydrogen-bond acceptors (Lipinski definition) is 3. The van der Waals surface area contributed by atoms with Crippen LogP contribution in [0.1, 0.15) is 37.3 Å². The van der Waals surface area contributed by atoms with E-state index in [0.29, 0.717) is 12.5 Å². The van der Waals surface area contributed by atoms with Crippen LogP contribution in [0.15, 0.2) is 59.4 Å². The maximum atomic E-state index is 11.7. The van der Waals surface area contributed by atoms with Crippen LogP contribution in [0.4, 0.5) is 0 Å². The smallest absolute Gasteiger partial charge is 0.182 e. The molecular formula is C22H29NO2. The van der Waals surface area contributed by atoms with Crippen molar-refractivity contribution in [1.29, 1.82) is 0 Å². The van der Waals surface area contributed by atoms with Gasteiger partial charge in [0.1, 0.15) is 5.75 Å². The molecule has 0 amide bonds. The number of benzene rings is 1. The van der Waals surface area contributed by atoms with Crippen LogP contribution in [0, 0.1) is 0 Å². The second kappa shape index (κ2) is 10.00. The minimum absolute atomic E-state index is 0.0121. The number of hydrogen-bond donors (Lipinski definition) is 0. The van der Waals surface area contributed by atoms with Gasteiger partial charge in [0.15, 0.2) is 5.43 Å². The van der Waals surface area contributed by atoms with Gasteiger partial charge in [0.05, 0.1) is 6.61 Å². The second-order valence-electron chi connectivity index (χ2n) is 6.79. The number of nitrogens with zero attached hydrogens (tertiary/aromatic N) is 1. The molecule has 0 fully saturated rings. The Morgan fingerprint density at radius 1 is 1.00 bits per heavy atom. The summed E-state index contributed by atoms with van der Waals surface area (Å²) in [4.78, 5) is 14.1. The molecule has 2 aromatic carbocycles. The average Bonchev–Trinajstić information content (AvgIpc) is 2.79. The van der Waals surface area contributed by atoms with E-state index in [-0.39, 0.29) is 5.43 Å². The topological polar surface area (TPSA) is 29.5 Å². The lowest BCUT2D eigenvalue weighted by atomic mass is 10.0. The SMILES string of the molecule is CC(C)c1cccc(=O)cc1OCCCN(C)CCc1ccccc1. The van der Waals surface area contributed by atoms with E-state index < -0.39 is 0 Å². The van der Waals surface area contributed by atoms with Gasteiger partial charge in [-0.25, -0.2) is 0 Å². The van der Waals surface area contributed by atoms with Crippen molar-refractivity contribution < 1.29 is 4.74 Å². The van der Waals surface area contributed by atoms with Gasteiger partial charge >= 0.3 is 0 Å². The van der Waals surface area contributed by atoms with Gasteiger partial charge in [-0.15, -0.1) is 0 Å². The van der Waals surface area contributed by atoms with Crippen molar-refractivity contribution in [2.45, 2.75) is 32.6 Å². The third kappa shape index (κ3) is 6.71. The zero-order valence-electron chi connectivity index (χ0n) is 15.6. The fourth-order valence-electron chi connectivity index (χ4n) is 2.78. The van der Waals surface area contributed by atoms with Gasteiger partial charge < -0.3 is 9.64 Å². The van der Waals surface area contributed by atoms with Crippen molar-refractivity contribution in [1.82, 2.24) is 4.90 Å². The largest absolute Gasteiger partial charge is 0.493 e. The van der Waals surface area contributed by atoms with Crippen molar-refractivity contribution in [2.75, 3.05) is 26.7 Å². The third-order valence-electron chi connectivity index (χ3n) is 4.28. The summed E-state index contributed by atoms with van der Waals surface area (Å²) in [7, 11) is 2.14. The van der Waals surface area contributed by atoms with Gasteiger partial charge in [0.25, 0.3) is 0 Å². The molecule has 0 radical (unpaired) electrons. The highest BCUT2D eigenvalue weighted by Crippen LogP contribution is 2.24. The zero-order chi connectivity index (χ0) is 18.1. The van der Waals surface area contributed by atoms with E-state index in [1.165, 1.54) is 5.56 Å². The Bertz CT molecular complexity index is 698. The van der Waals surface area contributed by atoms with E-state index in [2.05, 4.69) is 50.1 Å². The fourth-order valence-corrected chi connectivity index (χ4v) is 2.78. The van der Waals surface area contributed by atoms with Gasteiger partial charge in [0.2, 0.25) is 0 Å². The van der Waals surface area contributed by atoms with Crippen LogP contribution in [0.5, 0.6) is 5.75 Å². The molecule has 3 heteroatoms. The summed E-state index contributed by atoms with van der Waals surface area (Å²) < 4.78 is 5.93. The summed E-state index contributed by atoms with van der Waals surface area (Å²) in [6.07, 6.45) is 2.00. The molecule has 2 aromatic rings. The van der Waals surface area contributed by atoms with Crippen molar-refractivity contribution >= 4 is 0 Å². The second-order valence-corrected chi connectivity index (χ2v) is 6.79. The quantitative estimate of drug-likeness (QED) is 0.644. The summed E-state index contributed by atoms with van der Waals surface area (Å²) in [6.45, 7) is 6.87. The highest BCUT2D eigenvalue weighted by molar-refractivity contribution is 5.34. The summed E-state index contributed by atoms with van der Waals surface area (Å²) in [5.41, 5.74) is 2.44. The Labute approximate surface area is 151 Å². The van der Waals surface area contributed by atoms with Crippen LogP contribution < -0.4 is 10.2 Å². The lowest BCUT2D eigenvalue weighted by Crippen LogP contribution is -2.23. The molecule has 3 nitrogen and oxygen atoms in total. The van der Waals surface area contributed by atoms with E-state index in [9.17, 15) is 4.79 Å². The molecule has 0 saturated carbocycles. The molecule has 134 valence electrons. The predicted molar refractivity (Wildman–Crippen MR) is 105 cm³/mol. The van der Waals surface area contributed by atoms with Crippen molar-refractivity contribution in [3.63, 3.8) is 0 Å². The highest BCUT2D eigenvalue weighted by Gasteiger charge is 2.07. The molecule has 0 aromatic heterocycles. The summed E-state index contributed by atoms with van der Waals surface area (Å²) >= 11 is 0. The molecule has 2 rings (SSSR count). The molecule has 0 aliphatic rings. The molecule has 0 N–H and O–H groups in total. The normalized spacial score (nSPS) is 11.1. The number of rotatable bonds is 9. The van der Waals surface area contributed by atoms with Gasteiger partial charge in [-0.2, -0.15) is 0 Å². The standard InChI is InChI=1S/C22H29NO2/c1-18(2)21-12-7-11-20(24)17-22(21)25-16-8-14-23(3)15-13-19-9-5-4-6-10-19/h4-7,9-12,17-18H,8,13-16H2,1-3H3. The van der Waals surface area contributed by atoms with E-state index in [1.807, 2.05) is 18.2 Å². The predicted octanol–water partition coefficient (Wildman–Crippen LogP) is 4.11. The van der Waals surface area contributed by atoms with Gasteiger partial charge in [-0.05, 0) is 43.0 Å². The fraction of sp³-hybridized carbons (Fsp3) is 0.409. The van der Waals surface area contributed by atoms with Crippen LogP contribution in [0.3, 0.4) is 0 Å². The van der Waals surface area contributed by atoms with Crippen LogP contribution >= 0.6 is 0 Å². The number of ether oxygens (including phenoxy) is 1. The van der Waals surface area contributed by atoms with E-state index in [1.54, 1.807) is 12.1 Å². The first kappa shape index (κ1) is 19.2. The molecule has 0 aliphatic heterocycles. The first-order valence-electron chi connectivity index (χ1n) is 9.06. The molecule has 0 aliphatic carbocycles. The summed E-state index contributed by atoms with van der Waals surface area (Å²) in [6, 6.07) is 17.5. The Hall–Kier alpha value is -2.13. The van der Waals surface area contributed by atoms with Crippen LogP contribution in [0.25, 0.3) is 0 Å². The van der Waals surface area contributed by atoms with Gasteiger partial charge in [-0.3, -0.25) is 4.79 Å². The van der Waals surface area contributed by atoms with Gasteiger partial charge in [-0.1, -0.05) is 56.3 Å². The molecule has 0 spiro atoms. The summed E-state index contributed by atoms with van der Waals surface area (Å²) in [5.74, 6) is 1.05. The van der Waals surface area contributed by atoms with Crippen molar-refractivity contribution in [3.05, 3.63) is 75.9 Å². The minimum Gasteiger partial charge on any atom is -0.493 e. The molecular weight excluding hydrogens is 310 g/mol. The minimum atomic E-state index is -0.0121. The highest BCUT2D eigenvalue weighted by atomic mass is 16.5. The third-order valence-corrected chi connectivity index (χ3v) is 4.28. The molecule has 0 saturated heterocycles. The first-order valence-corrected chi connectivity index (χ1v) is 9.06. The molecule has 0 heterocycles. The van der Waals surface area contributed by atoms with Crippen molar-refractivity contribution in [3.8, 4) is 5.75 Å². The maximum Gasteiger partial charge on any atom is 0.182 e. The van der Waals surface area contributed by atoms with E-state index in [4.69, 9.17) is 4.74 Å². The Morgan fingerprint density at radius 2 is 1.76 bits per heavy atom. The van der Waals surface area contributed by atoms with Gasteiger partial charge in [0, 0.05) is 19.2 Å². The lowest BCUT2D eigenvalue weighted by molar-refractivity contribution is 0.262. The van der Waals surface area contributed by atoms with Crippen molar-refractivity contribution in [2.24, 2.45) is 0 Å². The van der Waals surface area contributed by atoms with E-state index in [0.717, 1.165) is 37.2 Å². The molecule has 0 bridgehead atoms. The van der Waals surface area contributed by atoms with Crippen LogP contribution in [-0.4, -0.2) is 31.6 Å². The molecule has 0 atom stereocenters. The monoisotopic (exact) mass is 339 g/mol. The van der Waals surface area contributed by atoms with Crippen LogP contribution in [0.2, 0.25) is 0 Å². The summed E-state index contributed by atoms with van der Waals surface area (Å²) in [5, 5.41) is 0. The molecule has 0 unspecified atom stereocenters. The average molecular weight is 339 g/mol. The Kier molecular flexibility index (Phi) is 7.68. The first-order chi connectivity index (χ1) is 12.1.